The summed E-state index contributed by atoms with van der Waals surface area (Å²) in [7, 11) is 1.80. The molecule has 2 aromatic rings. The summed E-state index contributed by atoms with van der Waals surface area (Å²) in [6, 6.07) is 8.27. The van der Waals surface area contributed by atoms with Gasteiger partial charge in [-0.1, -0.05) is 0 Å². The van der Waals surface area contributed by atoms with Crippen LogP contribution in [0.15, 0.2) is 41.5 Å². The van der Waals surface area contributed by atoms with Crippen LogP contribution in [0.4, 0.5) is 4.39 Å². The fourth-order valence-electron chi connectivity index (χ4n) is 4.24. The van der Waals surface area contributed by atoms with Crippen LogP contribution in [0, 0.1) is 5.82 Å². The van der Waals surface area contributed by atoms with Crippen molar-refractivity contribution >= 4 is 35.8 Å². The maximum atomic E-state index is 13.1. The topological polar surface area (TPSA) is 69.0 Å². The lowest BCUT2D eigenvalue weighted by Crippen LogP contribution is -2.54. The lowest BCUT2D eigenvalue weighted by Gasteiger charge is -2.36. The third-order valence-electron chi connectivity index (χ3n) is 6.10. The molecule has 0 saturated carbocycles. The van der Waals surface area contributed by atoms with Crippen LogP contribution in [-0.4, -0.2) is 95.8 Å². The highest BCUT2D eigenvalue weighted by molar-refractivity contribution is 14.0. The Morgan fingerprint density at radius 1 is 1.03 bits per heavy atom. The molecule has 0 aliphatic carbocycles. The van der Waals surface area contributed by atoms with Crippen molar-refractivity contribution in [2.24, 2.45) is 4.99 Å². The number of amides is 1. The lowest BCUT2D eigenvalue weighted by atomic mass is 10.3. The highest BCUT2D eigenvalue weighted by atomic mass is 127. The third kappa shape index (κ3) is 6.89. The number of carbonyl (C=O) groups excluding carboxylic acids is 1. The largest absolute Gasteiger partial charge is 0.356 e. The molecule has 1 amide bonds. The fraction of sp³-hybridized carbons (Fsp3) is 0.522. The van der Waals surface area contributed by atoms with E-state index in [0.717, 1.165) is 82.4 Å². The summed E-state index contributed by atoms with van der Waals surface area (Å²) in [5.74, 6) is 0.891. The van der Waals surface area contributed by atoms with E-state index in [2.05, 4.69) is 25.2 Å². The molecule has 1 aromatic heterocycles. The number of aromatic nitrogens is 2. The number of nitrogens with one attached hydrogen (secondary N) is 1. The molecular weight excluding hydrogens is 536 g/mol. The number of hydrogen-bond acceptors (Lipinski definition) is 4. The van der Waals surface area contributed by atoms with Crippen molar-refractivity contribution in [1.29, 1.82) is 0 Å². The van der Waals surface area contributed by atoms with Crippen LogP contribution in [0.2, 0.25) is 0 Å². The number of carbonyl (C=O) groups is 1. The summed E-state index contributed by atoms with van der Waals surface area (Å²) in [5, 5.41) is 8.00. The van der Waals surface area contributed by atoms with Gasteiger partial charge in [0.05, 0.1) is 17.9 Å². The molecule has 0 spiro atoms. The van der Waals surface area contributed by atoms with Crippen molar-refractivity contribution < 1.29 is 9.18 Å². The first-order chi connectivity index (χ1) is 15.6. The predicted octanol–water partition coefficient (Wildman–Crippen LogP) is 1.99. The average Bonchev–Trinajstić information content (AvgIpc) is 3.51. The summed E-state index contributed by atoms with van der Waals surface area (Å²) in [6.07, 6.45) is 4.92. The summed E-state index contributed by atoms with van der Waals surface area (Å²) in [6.45, 7) is 6.51. The Morgan fingerprint density at radius 2 is 1.73 bits per heavy atom. The van der Waals surface area contributed by atoms with E-state index in [-0.39, 0.29) is 35.7 Å². The Balaban J connectivity index is 0.00000306. The molecule has 8 nitrogen and oxygen atoms in total. The smallest absolute Gasteiger partial charge is 0.236 e. The van der Waals surface area contributed by atoms with Crippen LogP contribution in [0.25, 0.3) is 5.69 Å². The van der Waals surface area contributed by atoms with Gasteiger partial charge in [0, 0.05) is 65.5 Å². The van der Waals surface area contributed by atoms with Gasteiger partial charge in [0.2, 0.25) is 5.91 Å². The highest BCUT2D eigenvalue weighted by Gasteiger charge is 2.24. The van der Waals surface area contributed by atoms with Gasteiger partial charge in [-0.3, -0.25) is 14.7 Å². The number of halogens is 2. The van der Waals surface area contributed by atoms with Gasteiger partial charge in [0.15, 0.2) is 5.96 Å². The highest BCUT2D eigenvalue weighted by Crippen LogP contribution is 2.11. The molecule has 10 heteroatoms. The van der Waals surface area contributed by atoms with Crippen molar-refractivity contribution in [3.8, 4) is 5.69 Å². The average molecular weight is 569 g/mol. The lowest BCUT2D eigenvalue weighted by molar-refractivity contribution is -0.131. The minimum atomic E-state index is -0.254. The van der Waals surface area contributed by atoms with Crippen LogP contribution < -0.4 is 5.32 Å². The first-order valence-electron chi connectivity index (χ1n) is 11.4. The summed E-state index contributed by atoms with van der Waals surface area (Å²) in [4.78, 5) is 23.3. The van der Waals surface area contributed by atoms with Crippen LogP contribution in [-0.2, 0) is 11.2 Å². The molecule has 0 bridgehead atoms. The number of guanidine groups is 1. The normalized spacial score (nSPS) is 17.2. The number of likely N-dealkylation sites (tertiary alicyclic amines) is 1. The molecule has 2 fully saturated rings. The van der Waals surface area contributed by atoms with E-state index in [0.29, 0.717) is 6.54 Å². The van der Waals surface area contributed by atoms with E-state index in [4.69, 9.17) is 0 Å². The van der Waals surface area contributed by atoms with Crippen molar-refractivity contribution in [2.45, 2.75) is 19.3 Å². The van der Waals surface area contributed by atoms with Crippen molar-refractivity contribution in [3.05, 3.63) is 48.0 Å². The fourth-order valence-corrected chi connectivity index (χ4v) is 4.24. The second-order valence-electron chi connectivity index (χ2n) is 8.30. The van der Waals surface area contributed by atoms with Gasteiger partial charge in [-0.15, -0.1) is 24.0 Å². The first kappa shape index (κ1) is 25.4. The number of aliphatic imine (C=N–C) groups is 1. The molecule has 0 radical (unpaired) electrons. The second-order valence-corrected chi connectivity index (χ2v) is 8.30. The van der Waals surface area contributed by atoms with Crippen LogP contribution >= 0.6 is 24.0 Å². The Hall–Kier alpha value is -2.21. The zero-order valence-electron chi connectivity index (χ0n) is 19.1. The van der Waals surface area contributed by atoms with E-state index in [1.54, 1.807) is 23.9 Å². The minimum absolute atomic E-state index is 0. The molecule has 2 aliphatic heterocycles. The maximum Gasteiger partial charge on any atom is 0.236 e. The van der Waals surface area contributed by atoms with Gasteiger partial charge < -0.3 is 15.1 Å². The monoisotopic (exact) mass is 569 g/mol. The van der Waals surface area contributed by atoms with Gasteiger partial charge in [-0.25, -0.2) is 9.07 Å². The summed E-state index contributed by atoms with van der Waals surface area (Å²) in [5.41, 5.74) is 1.80. The molecule has 33 heavy (non-hydrogen) atoms. The molecule has 0 atom stereocenters. The van der Waals surface area contributed by atoms with E-state index in [1.165, 1.54) is 12.1 Å². The van der Waals surface area contributed by atoms with Gasteiger partial charge in [-0.2, -0.15) is 5.10 Å². The molecule has 180 valence electrons. The molecule has 1 aromatic carbocycles. The first-order valence-corrected chi connectivity index (χ1v) is 11.4. The number of benzene rings is 1. The number of hydrogen-bond donors (Lipinski definition) is 1. The number of piperazine rings is 1. The van der Waals surface area contributed by atoms with Crippen molar-refractivity contribution in [1.82, 2.24) is 29.8 Å². The van der Waals surface area contributed by atoms with E-state index >= 15 is 0 Å². The second kappa shape index (κ2) is 12.3. The molecule has 2 saturated heterocycles. The van der Waals surface area contributed by atoms with Gasteiger partial charge in [-0.05, 0) is 43.2 Å². The molecule has 1 N–H and O–H groups in total. The van der Waals surface area contributed by atoms with Crippen molar-refractivity contribution in [3.63, 3.8) is 0 Å². The molecular formula is C23H33FIN7O. The third-order valence-corrected chi connectivity index (χ3v) is 6.10. The van der Waals surface area contributed by atoms with Crippen LogP contribution in [0.1, 0.15) is 18.5 Å². The van der Waals surface area contributed by atoms with Crippen LogP contribution in [0.3, 0.4) is 0 Å². The van der Waals surface area contributed by atoms with Crippen molar-refractivity contribution in [2.75, 3.05) is 59.4 Å². The standard InChI is InChI=1S/C23H32FN7O.HI/c1-25-23(30-16-14-28(15-17-30)18-22(32)29-11-2-3-12-29)26-10-8-20-9-13-31(27-20)21-6-4-19(24)5-7-21;/h4-7,9,13H,2-3,8,10-12,14-18H2,1H3,(H,25,26);1H. The summed E-state index contributed by atoms with van der Waals surface area (Å²) >= 11 is 0. The Labute approximate surface area is 211 Å². The van der Waals surface area contributed by atoms with E-state index < -0.39 is 0 Å². The molecule has 0 unspecified atom stereocenters. The predicted molar refractivity (Wildman–Crippen MR) is 138 cm³/mol. The number of rotatable bonds is 6. The Kier molecular flexibility index (Phi) is 9.48. The zero-order valence-corrected chi connectivity index (χ0v) is 21.5. The van der Waals surface area contributed by atoms with Gasteiger partial charge in [0.25, 0.3) is 0 Å². The maximum absolute atomic E-state index is 13.1. The zero-order chi connectivity index (χ0) is 22.3. The quantitative estimate of drug-likeness (QED) is 0.328. The SMILES string of the molecule is CN=C(NCCc1ccn(-c2ccc(F)cc2)n1)N1CCN(CC(=O)N2CCCC2)CC1.I. The molecule has 3 heterocycles. The molecule has 2 aliphatic rings. The Morgan fingerprint density at radius 3 is 2.39 bits per heavy atom. The van der Waals surface area contributed by atoms with Crippen LogP contribution in [0.5, 0.6) is 0 Å². The van der Waals surface area contributed by atoms with Gasteiger partial charge in [0.1, 0.15) is 5.82 Å². The van der Waals surface area contributed by atoms with E-state index in [1.807, 2.05) is 17.2 Å². The van der Waals surface area contributed by atoms with Gasteiger partial charge >= 0.3 is 0 Å². The molecule has 4 rings (SSSR count). The van der Waals surface area contributed by atoms with E-state index in [9.17, 15) is 9.18 Å². The minimum Gasteiger partial charge on any atom is -0.356 e. The summed E-state index contributed by atoms with van der Waals surface area (Å²) < 4.78 is 14.9. The number of nitrogens with zero attached hydrogens (tertiary/aromatic N) is 6. The Bertz CT molecular complexity index is 919.